The van der Waals surface area contributed by atoms with Crippen molar-refractivity contribution in [1.82, 2.24) is 10.2 Å². The van der Waals surface area contributed by atoms with Crippen LogP contribution in [0.3, 0.4) is 0 Å². The second kappa shape index (κ2) is 8.82. The first-order chi connectivity index (χ1) is 9.58. The van der Waals surface area contributed by atoms with E-state index in [9.17, 15) is 0 Å². The van der Waals surface area contributed by atoms with Crippen molar-refractivity contribution >= 4 is 0 Å². The highest BCUT2D eigenvalue weighted by molar-refractivity contribution is 5.42. The predicted molar refractivity (Wildman–Crippen MR) is 83.6 cm³/mol. The van der Waals surface area contributed by atoms with Crippen LogP contribution in [0.4, 0.5) is 0 Å². The Hall–Kier alpha value is -1.26. The van der Waals surface area contributed by atoms with E-state index in [-0.39, 0.29) is 0 Å². The molecule has 0 saturated heterocycles. The van der Waals surface area contributed by atoms with E-state index < -0.39 is 0 Å². The third-order valence-electron chi connectivity index (χ3n) is 3.38. The summed E-state index contributed by atoms with van der Waals surface area (Å²) in [5.41, 5.74) is 1.21. The Bertz CT molecular complexity index is 394. The van der Waals surface area contributed by atoms with Gasteiger partial charge in [0.15, 0.2) is 11.5 Å². The van der Waals surface area contributed by atoms with Gasteiger partial charge in [0.25, 0.3) is 0 Å². The Kier molecular flexibility index (Phi) is 7.41. The second-order valence-corrected chi connectivity index (χ2v) is 5.17. The van der Waals surface area contributed by atoms with Crippen molar-refractivity contribution in [2.75, 3.05) is 33.9 Å². The van der Waals surface area contributed by atoms with E-state index in [4.69, 9.17) is 9.47 Å². The molecule has 1 aromatic rings. The van der Waals surface area contributed by atoms with E-state index in [2.05, 4.69) is 37.2 Å². The zero-order valence-electron chi connectivity index (χ0n) is 13.4. The molecule has 1 rings (SSSR count). The van der Waals surface area contributed by atoms with Gasteiger partial charge in [0, 0.05) is 25.7 Å². The summed E-state index contributed by atoms with van der Waals surface area (Å²) in [6.45, 7) is 9.90. The van der Waals surface area contributed by atoms with Gasteiger partial charge in [0.1, 0.15) is 0 Å². The summed E-state index contributed by atoms with van der Waals surface area (Å²) in [5, 5.41) is 3.45. The van der Waals surface area contributed by atoms with E-state index in [1.54, 1.807) is 7.11 Å². The van der Waals surface area contributed by atoms with Crippen LogP contribution in [-0.2, 0) is 6.54 Å². The Labute approximate surface area is 123 Å². The topological polar surface area (TPSA) is 33.7 Å². The van der Waals surface area contributed by atoms with E-state index in [0.29, 0.717) is 12.6 Å². The maximum Gasteiger partial charge on any atom is 0.161 e. The molecule has 0 bridgehead atoms. The summed E-state index contributed by atoms with van der Waals surface area (Å²) in [7, 11) is 3.82. The molecule has 0 radical (unpaired) electrons. The van der Waals surface area contributed by atoms with Crippen LogP contribution in [0.2, 0.25) is 0 Å². The number of nitrogens with one attached hydrogen (secondary N) is 1. The Morgan fingerprint density at radius 3 is 2.60 bits per heavy atom. The van der Waals surface area contributed by atoms with Crippen LogP contribution in [0, 0.1) is 0 Å². The van der Waals surface area contributed by atoms with Gasteiger partial charge in [-0.05, 0) is 45.5 Å². The molecule has 20 heavy (non-hydrogen) atoms. The van der Waals surface area contributed by atoms with Crippen LogP contribution >= 0.6 is 0 Å². The van der Waals surface area contributed by atoms with Crippen LogP contribution < -0.4 is 14.8 Å². The highest BCUT2D eigenvalue weighted by Gasteiger charge is 2.05. The maximum absolute atomic E-state index is 5.51. The molecule has 0 aromatic heterocycles. The third-order valence-corrected chi connectivity index (χ3v) is 3.38. The van der Waals surface area contributed by atoms with E-state index in [1.807, 2.05) is 19.1 Å². The number of methoxy groups -OCH3 is 1. The van der Waals surface area contributed by atoms with Gasteiger partial charge < -0.3 is 19.7 Å². The predicted octanol–water partition coefficient (Wildman–Crippen LogP) is 2.52. The van der Waals surface area contributed by atoms with Crippen molar-refractivity contribution in [3.05, 3.63) is 23.8 Å². The zero-order valence-corrected chi connectivity index (χ0v) is 13.4. The quantitative estimate of drug-likeness (QED) is 0.705. The van der Waals surface area contributed by atoms with Gasteiger partial charge in [-0.2, -0.15) is 0 Å². The van der Waals surface area contributed by atoms with Gasteiger partial charge in [-0.15, -0.1) is 0 Å². The average molecular weight is 280 g/mol. The number of nitrogens with zero attached hydrogens (tertiary/aromatic N) is 1. The number of hydrogen-bond donors (Lipinski definition) is 1. The highest BCUT2D eigenvalue weighted by Crippen LogP contribution is 2.27. The van der Waals surface area contributed by atoms with Crippen LogP contribution in [0.25, 0.3) is 0 Å². The molecule has 4 nitrogen and oxygen atoms in total. The zero-order chi connectivity index (χ0) is 15.0. The molecular formula is C16H28N2O2. The number of likely N-dealkylation sites (N-methyl/N-ethyl adjacent to an activating group) is 1. The first kappa shape index (κ1) is 16.8. The molecule has 0 atom stereocenters. The molecule has 0 fully saturated rings. The lowest BCUT2D eigenvalue weighted by atomic mass is 10.2. The van der Waals surface area contributed by atoms with Crippen molar-refractivity contribution < 1.29 is 9.47 Å². The van der Waals surface area contributed by atoms with Gasteiger partial charge in [-0.25, -0.2) is 0 Å². The molecule has 0 aliphatic heterocycles. The van der Waals surface area contributed by atoms with E-state index in [1.165, 1.54) is 5.56 Å². The number of benzene rings is 1. The lowest BCUT2D eigenvalue weighted by Crippen LogP contribution is -2.33. The number of hydrogen-bond acceptors (Lipinski definition) is 4. The fourth-order valence-corrected chi connectivity index (χ4v) is 1.84. The summed E-state index contributed by atoms with van der Waals surface area (Å²) in [6, 6.07) is 6.67. The summed E-state index contributed by atoms with van der Waals surface area (Å²) in [5.74, 6) is 1.60. The SMILES string of the molecule is CCOc1ccc(CNCCN(C)C(C)C)cc1OC. The molecule has 0 aliphatic carbocycles. The number of rotatable bonds is 9. The molecule has 0 saturated carbocycles. The molecule has 0 aliphatic rings. The molecule has 0 spiro atoms. The largest absolute Gasteiger partial charge is 0.493 e. The lowest BCUT2D eigenvalue weighted by Gasteiger charge is -2.21. The lowest BCUT2D eigenvalue weighted by molar-refractivity contribution is 0.273. The van der Waals surface area contributed by atoms with Crippen LogP contribution in [0.5, 0.6) is 11.5 Å². The molecule has 114 valence electrons. The van der Waals surface area contributed by atoms with Crippen LogP contribution in [0.1, 0.15) is 26.3 Å². The van der Waals surface area contributed by atoms with Gasteiger partial charge in [-0.3, -0.25) is 0 Å². The van der Waals surface area contributed by atoms with Crippen molar-refractivity contribution in [2.24, 2.45) is 0 Å². The Balaban J connectivity index is 2.44. The third kappa shape index (κ3) is 5.39. The molecule has 1 aromatic carbocycles. The highest BCUT2D eigenvalue weighted by atomic mass is 16.5. The van der Waals surface area contributed by atoms with Crippen LogP contribution in [-0.4, -0.2) is 44.8 Å². The van der Waals surface area contributed by atoms with Crippen molar-refractivity contribution in [2.45, 2.75) is 33.4 Å². The Morgan fingerprint density at radius 1 is 1.25 bits per heavy atom. The molecule has 0 amide bonds. The fraction of sp³-hybridized carbons (Fsp3) is 0.625. The smallest absolute Gasteiger partial charge is 0.161 e. The van der Waals surface area contributed by atoms with Crippen molar-refractivity contribution in [1.29, 1.82) is 0 Å². The van der Waals surface area contributed by atoms with E-state index >= 15 is 0 Å². The maximum atomic E-state index is 5.51. The standard InChI is InChI=1S/C16H28N2O2/c1-6-20-15-8-7-14(11-16(15)19-5)12-17-9-10-18(4)13(2)3/h7-8,11,13,17H,6,9-10,12H2,1-5H3. The monoisotopic (exact) mass is 280 g/mol. The molecule has 0 unspecified atom stereocenters. The summed E-state index contributed by atoms with van der Waals surface area (Å²) in [6.07, 6.45) is 0. The molecule has 4 heteroatoms. The van der Waals surface area contributed by atoms with Gasteiger partial charge in [-0.1, -0.05) is 6.07 Å². The van der Waals surface area contributed by atoms with Gasteiger partial charge >= 0.3 is 0 Å². The minimum absolute atomic E-state index is 0.586. The first-order valence-corrected chi connectivity index (χ1v) is 7.29. The van der Waals surface area contributed by atoms with Crippen molar-refractivity contribution in [3.8, 4) is 11.5 Å². The first-order valence-electron chi connectivity index (χ1n) is 7.29. The molecule has 0 heterocycles. The second-order valence-electron chi connectivity index (χ2n) is 5.17. The molecule has 1 N–H and O–H groups in total. The van der Waals surface area contributed by atoms with Gasteiger partial charge in [0.05, 0.1) is 13.7 Å². The van der Waals surface area contributed by atoms with E-state index in [0.717, 1.165) is 31.1 Å². The minimum Gasteiger partial charge on any atom is -0.493 e. The molecular weight excluding hydrogens is 252 g/mol. The van der Waals surface area contributed by atoms with Gasteiger partial charge in [0.2, 0.25) is 0 Å². The summed E-state index contributed by atoms with van der Waals surface area (Å²) < 4.78 is 10.9. The minimum atomic E-state index is 0.586. The number of ether oxygens (including phenoxy) is 2. The fourth-order valence-electron chi connectivity index (χ4n) is 1.84. The summed E-state index contributed by atoms with van der Waals surface area (Å²) in [4.78, 5) is 2.33. The normalized spacial score (nSPS) is 11.2. The average Bonchev–Trinajstić information content (AvgIpc) is 2.44. The Morgan fingerprint density at radius 2 is 2.00 bits per heavy atom. The summed E-state index contributed by atoms with van der Waals surface area (Å²) >= 11 is 0. The van der Waals surface area contributed by atoms with Crippen molar-refractivity contribution in [3.63, 3.8) is 0 Å². The van der Waals surface area contributed by atoms with Crippen LogP contribution in [0.15, 0.2) is 18.2 Å².